The fourth-order valence-electron chi connectivity index (χ4n) is 2.72. The van der Waals surface area contributed by atoms with Crippen LogP contribution in [0.1, 0.15) is 43.2 Å². The number of nitrogens with one attached hydrogen (secondary N) is 1. The number of aromatic nitrogens is 2. The number of hydrogen-bond donors (Lipinski definition) is 1. The van der Waals surface area contributed by atoms with E-state index in [1.807, 2.05) is 0 Å². The molecular weight excluding hydrogens is 254 g/mol. The molecule has 3 rings (SSSR count). The Balaban J connectivity index is 2.01. The Morgan fingerprint density at radius 1 is 1.33 bits per heavy atom. The summed E-state index contributed by atoms with van der Waals surface area (Å²) < 4.78 is 3.50. The average Bonchev–Trinajstić information content (AvgIpc) is 2.82. The monoisotopic (exact) mass is 269 g/mol. The molecule has 0 bridgehead atoms. The summed E-state index contributed by atoms with van der Waals surface area (Å²) in [6.07, 6.45) is 6.28. The summed E-state index contributed by atoms with van der Waals surface area (Å²) in [7, 11) is 0. The van der Waals surface area contributed by atoms with E-state index in [1.165, 1.54) is 37.2 Å². The maximum absolute atomic E-state index is 4.64. The van der Waals surface area contributed by atoms with E-state index in [-0.39, 0.29) is 0 Å². The van der Waals surface area contributed by atoms with Crippen molar-refractivity contribution in [2.24, 2.45) is 0 Å². The van der Waals surface area contributed by atoms with Gasteiger partial charge in [0.2, 0.25) is 0 Å². The summed E-state index contributed by atoms with van der Waals surface area (Å²) >= 11 is 3.62. The Hall–Kier alpha value is -0.350. The summed E-state index contributed by atoms with van der Waals surface area (Å²) in [4.78, 5) is 4.64. The lowest BCUT2D eigenvalue weighted by atomic mass is 10.1. The lowest BCUT2D eigenvalue weighted by Crippen LogP contribution is -2.20. The van der Waals surface area contributed by atoms with Crippen LogP contribution in [0.25, 0.3) is 0 Å². The fourth-order valence-corrected chi connectivity index (χ4v) is 3.42. The number of imidazole rings is 1. The van der Waals surface area contributed by atoms with Crippen LogP contribution in [0.4, 0.5) is 0 Å². The molecule has 1 aromatic rings. The molecule has 3 nitrogen and oxygen atoms in total. The number of hydrogen-bond acceptors (Lipinski definition) is 2. The van der Waals surface area contributed by atoms with E-state index in [4.69, 9.17) is 0 Å². The molecule has 82 valence electrons. The summed E-state index contributed by atoms with van der Waals surface area (Å²) in [6.45, 7) is 2.30. The highest BCUT2D eigenvalue weighted by atomic mass is 79.9. The van der Waals surface area contributed by atoms with Crippen molar-refractivity contribution in [1.29, 1.82) is 0 Å². The highest BCUT2D eigenvalue weighted by molar-refractivity contribution is 9.10. The number of halogens is 1. The fraction of sp³-hybridized carbons (Fsp3) is 0.727. The third-order valence-corrected chi connectivity index (χ3v) is 4.05. The molecule has 15 heavy (non-hydrogen) atoms. The number of fused-ring (bicyclic) bond motifs is 1. The van der Waals surface area contributed by atoms with Crippen molar-refractivity contribution < 1.29 is 0 Å². The standard InChI is InChI=1S/C11H16BrN3/c12-11-10(8-4-3-6-13-8)15-7-2-1-5-9(15)14-11/h8,13H,1-7H2. The molecule has 1 fully saturated rings. The zero-order valence-electron chi connectivity index (χ0n) is 8.80. The maximum atomic E-state index is 4.64. The molecule has 4 heteroatoms. The number of rotatable bonds is 1. The van der Waals surface area contributed by atoms with Crippen molar-refractivity contribution in [2.45, 2.75) is 44.7 Å². The van der Waals surface area contributed by atoms with E-state index >= 15 is 0 Å². The molecule has 0 spiro atoms. The Kier molecular flexibility index (Phi) is 2.56. The molecule has 0 radical (unpaired) electrons. The van der Waals surface area contributed by atoms with Gasteiger partial charge in [0.25, 0.3) is 0 Å². The lowest BCUT2D eigenvalue weighted by molar-refractivity contribution is 0.481. The number of nitrogens with zero attached hydrogens (tertiary/aromatic N) is 2. The maximum Gasteiger partial charge on any atom is 0.129 e. The van der Waals surface area contributed by atoms with Gasteiger partial charge < -0.3 is 9.88 Å². The Labute approximate surface area is 98.4 Å². The summed E-state index contributed by atoms with van der Waals surface area (Å²) in [6, 6.07) is 0.527. The summed E-state index contributed by atoms with van der Waals surface area (Å²) in [5.41, 5.74) is 1.39. The molecule has 0 aromatic carbocycles. The van der Waals surface area contributed by atoms with Crippen molar-refractivity contribution in [1.82, 2.24) is 14.9 Å². The minimum absolute atomic E-state index is 0.527. The second-order valence-corrected chi connectivity index (χ2v) is 5.21. The van der Waals surface area contributed by atoms with Crippen molar-refractivity contribution >= 4 is 15.9 Å². The zero-order chi connectivity index (χ0) is 10.3. The van der Waals surface area contributed by atoms with Crippen molar-refractivity contribution in [3.05, 3.63) is 16.1 Å². The van der Waals surface area contributed by atoms with Gasteiger partial charge in [0.1, 0.15) is 10.4 Å². The summed E-state index contributed by atoms with van der Waals surface area (Å²) in [5, 5.41) is 3.56. The van der Waals surface area contributed by atoms with Gasteiger partial charge in [-0.05, 0) is 48.2 Å². The van der Waals surface area contributed by atoms with E-state index in [9.17, 15) is 0 Å². The predicted molar refractivity (Wildman–Crippen MR) is 62.8 cm³/mol. The smallest absolute Gasteiger partial charge is 0.129 e. The van der Waals surface area contributed by atoms with Crippen LogP contribution in [-0.4, -0.2) is 16.1 Å². The van der Waals surface area contributed by atoms with Crippen LogP contribution in [0.3, 0.4) is 0 Å². The Morgan fingerprint density at radius 2 is 2.27 bits per heavy atom. The highest BCUT2D eigenvalue weighted by Gasteiger charge is 2.26. The van der Waals surface area contributed by atoms with E-state index in [2.05, 4.69) is 30.8 Å². The minimum Gasteiger partial charge on any atom is -0.330 e. The number of aryl methyl sites for hydroxylation is 1. The third kappa shape index (κ3) is 1.64. The largest absolute Gasteiger partial charge is 0.330 e. The van der Waals surface area contributed by atoms with Crippen LogP contribution in [0.15, 0.2) is 4.60 Å². The second-order valence-electron chi connectivity index (χ2n) is 4.46. The van der Waals surface area contributed by atoms with E-state index in [1.54, 1.807) is 0 Å². The van der Waals surface area contributed by atoms with Gasteiger partial charge in [0.15, 0.2) is 0 Å². The van der Waals surface area contributed by atoms with Crippen molar-refractivity contribution in [2.75, 3.05) is 6.54 Å². The van der Waals surface area contributed by atoms with Gasteiger partial charge in [-0.3, -0.25) is 0 Å². The molecule has 0 aliphatic carbocycles. The second kappa shape index (κ2) is 3.91. The van der Waals surface area contributed by atoms with Gasteiger partial charge in [0, 0.05) is 13.0 Å². The first-order valence-electron chi connectivity index (χ1n) is 5.84. The van der Waals surface area contributed by atoms with Crippen molar-refractivity contribution in [3.63, 3.8) is 0 Å². The predicted octanol–water partition coefficient (Wildman–Crippen LogP) is 2.41. The van der Waals surface area contributed by atoms with Crippen LogP contribution in [0.5, 0.6) is 0 Å². The Bertz CT molecular complexity index is 366. The van der Waals surface area contributed by atoms with Crippen LogP contribution in [0.2, 0.25) is 0 Å². The first-order valence-corrected chi connectivity index (χ1v) is 6.64. The summed E-state index contributed by atoms with van der Waals surface area (Å²) in [5.74, 6) is 1.27. The topological polar surface area (TPSA) is 29.9 Å². The van der Waals surface area contributed by atoms with E-state index in [0.29, 0.717) is 6.04 Å². The zero-order valence-corrected chi connectivity index (χ0v) is 10.4. The minimum atomic E-state index is 0.527. The molecule has 0 amide bonds. The first kappa shape index (κ1) is 9.85. The average molecular weight is 270 g/mol. The van der Waals surface area contributed by atoms with Gasteiger partial charge in [0.05, 0.1) is 11.7 Å². The molecule has 1 saturated heterocycles. The van der Waals surface area contributed by atoms with Gasteiger partial charge >= 0.3 is 0 Å². The first-order chi connectivity index (χ1) is 7.36. The van der Waals surface area contributed by atoms with Crippen LogP contribution in [-0.2, 0) is 13.0 Å². The molecule has 0 saturated carbocycles. The van der Waals surface area contributed by atoms with Crippen LogP contribution >= 0.6 is 15.9 Å². The van der Waals surface area contributed by atoms with Gasteiger partial charge in [-0.1, -0.05) is 0 Å². The van der Waals surface area contributed by atoms with Crippen LogP contribution < -0.4 is 5.32 Å². The van der Waals surface area contributed by atoms with Crippen LogP contribution in [0, 0.1) is 0 Å². The molecule has 1 atom stereocenters. The SMILES string of the molecule is Brc1nc2n(c1C1CCCN1)CCCC2. The van der Waals surface area contributed by atoms with Gasteiger partial charge in [-0.25, -0.2) is 4.98 Å². The quantitative estimate of drug-likeness (QED) is 0.849. The normalized spacial score (nSPS) is 25.5. The van der Waals surface area contributed by atoms with E-state index in [0.717, 1.165) is 24.1 Å². The van der Waals surface area contributed by atoms with Gasteiger partial charge in [-0.15, -0.1) is 0 Å². The third-order valence-electron chi connectivity index (χ3n) is 3.46. The lowest BCUT2D eigenvalue weighted by Gasteiger charge is -2.19. The molecule has 3 heterocycles. The van der Waals surface area contributed by atoms with Gasteiger partial charge in [-0.2, -0.15) is 0 Å². The Morgan fingerprint density at radius 3 is 3.07 bits per heavy atom. The molecule has 1 unspecified atom stereocenters. The molecule has 1 aromatic heterocycles. The molecule has 2 aliphatic rings. The molecular formula is C11H16BrN3. The van der Waals surface area contributed by atoms with Crippen molar-refractivity contribution in [3.8, 4) is 0 Å². The highest BCUT2D eigenvalue weighted by Crippen LogP contribution is 2.32. The molecule has 1 N–H and O–H groups in total. The van der Waals surface area contributed by atoms with E-state index < -0.39 is 0 Å². The molecule has 2 aliphatic heterocycles.